The van der Waals surface area contributed by atoms with Crippen LogP contribution in [0.15, 0.2) is 72.8 Å². The maximum Gasteiger partial charge on any atom is 0.416 e. The van der Waals surface area contributed by atoms with Crippen molar-refractivity contribution in [2.24, 2.45) is 0 Å². The Labute approximate surface area is 211 Å². The van der Waals surface area contributed by atoms with Crippen LogP contribution >= 0.6 is 11.6 Å². The van der Waals surface area contributed by atoms with Gasteiger partial charge in [-0.25, -0.2) is 4.79 Å². The van der Waals surface area contributed by atoms with Gasteiger partial charge in [-0.15, -0.1) is 0 Å². The summed E-state index contributed by atoms with van der Waals surface area (Å²) in [6.07, 6.45) is -5.39. The van der Waals surface area contributed by atoms with Crippen molar-refractivity contribution in [3.05, 3.63) is 88.9 Å². The number of benzene rings is 3. The van der Waals surface area contributed by atoms with Crippen LogP contribution in [0.25, 0.3) is 0 Å². The van der Waals surface area contributed by atoms with Crippen molar-refractivity contribution in [2.45, 2.75) is 24.9 Å². The molecule has 10 heteroatoms. The first kappa shape index (κ1) is 25.8. The van der Waals surface area contributed by atoms with Crippen LogP contribution in [-0.2, 0) is 10.9 Å². The lowest BCUT2D eigenvalue weighted by Crippen LogP contribution is -2.34. The molecule has 1 aliphatic heterocycles. The summed E-state index contributed by atoms with van der Waals surface area (Å²) in [7, 11) is 1.35. The molecule has 1 fully saturated rings. The summed E-state index contributed by atoms with van der Waals surface area (Å²) >= 11 is 5.90. The molecule has 3 aromatic carbocycles. The number of amides is 2. The molecule has 0 spiro atoms. The maximum absolute atomic E-state index is 13.4. The molecule has 1 heterocycles. The zero-order valence-corrected chi connectivity index (χ0v) is 20.0. The number of alkyl halides is 3. The average Bonchev–Trinajstić information content (AvgIpc) is 3.20. The van der Waals surface area contributed by atoms with Crippen LogP contribution in [0.1, 0.15) is 23.6 Å². The van der Waals surface area contributed by atoms with Crippen LogP contribution in [0.5, 0.6) is 11.5 Å². The highest BCUT2D eigenvalue weighted by atomic mass is 35.5. The number of anilines is 1. The average molecular weight is 521 g/mol. The molecule has 1 N–H and O–H groups in total. The SMILES string of the molecule is COC(O)CCN1C[C@H](c2cccc(C(F)(F)F)c2)N(c2ccc(Oc3ccc(Cl)cc3)cc2)C1=O. The van der Waals surface area contributed by atoms with E-state index in [1.54, 1.807) is 54.6 Å². The first-order chi connectivity index (χ1) is 17.2. The number of halogens is 4. The summed E-state index contributed by atoms with van der Waals surface area (Å²) in [6.45, 7) is 0.331. The minimum Gasteiger partial charge on any atom is -0.457 e. The number of rotatable bonds is 8. The number of hydrogen-bond donors (Lipinski definition) is 1. The summed E-state index contributed by atoms with van der Waals surface area (Å²) in [5, 5.41) is 10.3. The van der Waals surface area contributed by atoms with Gasteiger partial charge in [-0.1, -0.05) is 23.7 Å². The van der Waals surface area contributed by atoms with Gasteiger partial charge >= 0.3 is 12.2 Å². The van der Waals surface area contributed by atoms with Gasteiger partial charge in [0.1, 0.15) is 11.5 Å². The first-order valence-corrected chi connectivity index (χ1v) is 11.5. The highest BCUT2D eigenvalue weighted by molar-refractivity contribution is 6.30. The van der Waals surface area contributed by atoms with Crippen molar-refractivity contribution in [1.29, 1.82) is 0 Å². The number of hydrogen-bond acceptors (Lipinski definition) is 4. The Balaban J connectivity index is 1.62. The fraction of sp³-hybridized carbons (Fsp3) is 0.269. The summed E-state index contributed by atoms with van der Waals surface area (Å²) in [6, 6.07) is 17.5. The number of aliphatic hydroxyl groups excluding tert-OH is 1. The molecule has 1 unspecified atom stereocenters. The van der Waals surface area contributed by atoms with Crippen LogP contribution in [0.3, 0.4) is 0 Å². The number of carbonyl (C=O) groups is 1. The third kappa shape index (κ3) is 5.92. The van der Waals surface area contributed by atoms with Gasteiger partial charge in [0.05, 0.1) is 11.6 Å². The molecular weight excluding hydrogens is 497 g/mol. The molecule has 4 rings (SSSR count). The van der Waals surface area contributed by atoms with Crippen molar-refractivity contribution in [2.75, 3.05) is 25.1 Å². The normalized spacial score (nSPS) is 16.9. The van der Waals surface area contributed by atoms with Crippen LogP contribution in [-0.4, -0.2) is 42.5 Å². The first-order valence-electron chi connectivity index (χ1n) is 11.2. The Morgan fingerprint density at radius 3 is 2.31 bits per heavy atom. The Bertz CT molecular complexity index is 1190. The quantitative estimate of drug-likeness (QED) is 0.345. The van der Waals surface area contributed by atoms with Crippen LogP contribution < -0.4 is 9.64 Å². The molecule has 0 radical (unpaired) electrons. The monoisotopic (exact) mass is 520 g/mol. The zero-order chi connectivity index (χ0) is 25.9. The highest BCUT2D eigenvalue weighted by Gasteiger charge is 2.40. The number of carbonyl (C=O) groups excluding carboxylic acids is 1. The standard InChI is InChI=1S/C26H24ClF3N2O4/c1-35-24(33)13-14-31-16-23(17-3-2-4-18(15-17)26(28,29)30)32(25(31)34)20-7-11-22(12-8-20)36-21-9-5-19(27)6-10-21/h2-12,15,23-24,33H,13-14,16H2,1H3/t23-,24?/m1/s1. The number of aliphatic hydroxyl groups is 1. The second-order valence-corrected chi connectivity index (χ2v) is 8.70. The van der Waals surface area contributed by atoms with E-state index in [-0.39, 0.29) is 25.5 Å². The molecular formula is C26H24ClF3N2O4. The van der Waals surface area contributed by atoms with Gasteiger partial charge in [0, 0.05) is 37.3 Å². The van der Waals surface area contributed by atoms with E-state index in [0.717, 1.165) is 12.1 Å². The van der Waals surface area contributed by atoms with E-state index in [1.165, 1.54) is 23.0 Å². The molecule has 2 amide bonds. The topological polar surface area (TPSA) is 62.2 Å². The highest BCUT2D eigenvalue weighted by Crippen LogP contribution is 2.38. The van der Waals surface area contributed by atoms with Gasteiger partial charge in [-0.05, 0) is 66.2 Å². The van der Waals surface area contributed by atoms with Crippen LogP contribution in [0.4, 0.5) is 23.7 Å². The summed E-state index contributed by atoms with van der Waals surface area (Å²) in [5.41, 5.74) is 0.0717. The molecule has 1 aliphatic rings. The van der Waals surface area contributed by atoms with E-state index in [4.69, 9.17) is 21.1 Å². The third-order valence-corrected chi connectivity index (χ3v) is 6.11. The molecule has 0 aliphatic carbocycles. The Morgan fingerprint density at radius 2 is 1.69 bits per heavy atom. The fourth-order valence-electron chi connectivity index (χ4n) is 4.01. The minimum absolute atomic E-state index is 0.152. The zero-order valence-electron chi connectivity index (χ0n) is 19.3. The minimum atomic E-state index is -4.51. The number of ether oxygens (including phenoxy) is 2. The second kappa shape index (κ2) is 10.8. The largest absolute Gasteiger partial charge is 0.457 e. The number of urea groups is 1. The summed E-state index contributed by atoms with van der Waals surface area (Å²) in [5.74, 6) is 1.09. The summed E-state index contributed by atoms with van der Waals surface area (Å²) < 4.78 is 50.8. The van der Waals surface area contributed by atoms with Gasteiger partial charge < -0.3 is 19.5 Å². The van der Waals surface area contributed by atoms with E-state index >= 15 is 0 Å². The van der Waals surface area contributed by atoms with E-state index in [0.29, 0.717) is 27.8 Å². The summed E-state index contributed by atoms with van der Waals surface area (Å²) in [4.78, 5) is 16.3. The van der Waals surface area contributed by atoms with Crippen molar-refractivity contribution >= 4 is 23.3 Å². The van der Waals surface area contributed by atoms with Gasteiger partial charge in [0.15, 0.2) is 6.29 Å². The second-order valence-electron chi connectivity index (χ2n) is 8.27. The Kier molecular flexibility index (Phi) is 7.73. The molecule has 2 atom stereocenters. The van der Waals surface area contributed by atoms with Crippen molar-refractivity contribution < 1.29 is 32.5 Å². The van der Waals surface area contributed by atoms with Gasteiger partial charge in [0.25, 0.3) is 0 Å². The van der Waals surface area contributed by atoms with Gasteiger partial charge in [-0.3, -0.25) is 4.90 Å². The molecule has 0 aromatic heterocycles. The Hall–Kier alpha value is -3.27. The predicted octanol–water partition coefficient (Wildman–Crippen LogP) is 6.49. The molecule has 1 saturated heterocycles. The lowest BCUT2D eigenvalue weighted by Gasteiger charge is -2.24. The van der Waals surface area contributed by atoms with Gasteiger partial charge in [0.2, 0.25) is 0 Å². The van der Waals surface area contributed by atoms with E-state index < -0.39 is 24.1 Å². The fourth-order valence-corrected chi connectivity index (χ4v) is 4.13. The molecule has 36 heavy (non-hydrogen) atoms. The number of methoxy groups -OCH3 is 1. The molecule has 0 bridgehead atoms. The van der Waals surface area contributed by atoms with E-state index in [9.17, 15) is 23.1 Å². The van der Waals surface area contributed by atoms with Gasteiger partial charge in [-0.2, -0.15) is 13.2 Å². The molecule has 3 aromatic rings. The lowest BCUT2D eigenvalue weighted by atomic mass is 10.0. The number of nitrogens with zero attached hydrogens (tertiary/aromatic N) is 2. The lowest BCUT2D eigenvalue weighted by molar-refractivity contribution is -0.137. The Morgan fingerprint density at radius 1 is 1.06 bits per heavy atom. The third-order valence-electron chi connectivity index (χ3n) is 5.86. The van der Waals surface area contributed by atoms with Crippen molar-refractivity contribution in [3.63, 3.8) is 0 Å². The van der Waals surface area contributed by atoms with E-state index in [1.807, 2.05) is 0 Å². The molecule has 6 nitrogen and oxygen atoms in total. The van der Waals surface area contributed by atoms with Crippen molar-refractivity contribution in [1.82, 2.24) is 4.90 Å². The molecule has 190 valence electrons. The van der Waals surface area contributed by atoms with E-state index in [2.05, 4.69) is 0 Å². The smallest absolute Gasteiger partial charge is 0.416 e. The molecule has 0 saturated carbocycles. The van der Waals surface area contributed by atoms with Crippen LogP contribution in [0.2, 0.25) is 5.02 Å². The predicted molar refractivity (Wildman–Crippen MR) is 129 cm³/mol. The maximum atomic E-state index is 13.4. The van der Waals surface area contributed by atoms with Crippen molar-refractivity contribution in [3.8, 4) is 11.5 Å². The van der Waals surface area contributed by atoms with Crippen LogP contribution in [0, 0.1) is 0 Å².